The molecule has 0 amide bonds. The summed E-state index contributed by atoms with van der Waals surface area (Å²) in [7, 11) is 0. The van der Waals surface area contributed by atoms with Crippen LogP contribution in [-0.2, 0) is 6.18 Å². The van der Waals surface area contributed by atoms with Gasteiger partial charge < -0.3 is 10.6 Å². The van der Waals surface area contributed by atoms with Crippen LogP contribution >= 0.6 is 0 Å². The van der Waals surface area contributed by atoms with Crippen molar-refractivity contribution >= 4 is 28.6 Å². The second-order valence-electron chi connectivity index (χ2n) is 5.33. The van der Waals surface area contributed by atoms with Crippen molar-refractivity contribution in [2.45, 2.75) is 26.1 Å². The number of fused-ring (bicyclic) bond motifs is 1. The Labute approximate surface area is 134 Å². The Morgan fingerprint density at radius 2 is 1.71 bits per heavy atom. The van der Waals surface area contributed by atoms with Gasteiger partial charge in [0.1, 0.15) is 0 Å². The zero-order chi connectivity index (χ0) is 17.3. The SMILES string of the molecule is CC(C)Nc1nc2nonc2nc1Nc1cccc(C(F)(F)F)c1. The molecule has 0 radical (unpaired) electrons. The third kappa shape index (κ3) is 3.36. The molecule has 2 heterocycles. The van der Waals surface area contributed by atoms with Crippen molar-refractivity contribution in [1.82, 2.24) is 20.3 Å². The predicted molar refractivity (Wildman–Crippen MR) is 80.9 cm³/mol. The summed E-state index contributed by atoms with van der Waals surface area (Å²) in [4.78, 5) is 8.41. The van der Waals surface area contributed by atoms with Crippen molar-refractivity contribution in [3.63, 3.8) is 0 Å². The summed E-state index contributed by atoms with van der Waals surface area (Å²) in [6, 6.07) is 4.82. The molecule has 2 N–H and O–H groups in total. The molecule has 126 valence electrons. The number of rotatable bonds is 4. The van der Waals surface area contributed by atoms with Crippen LogP contribution in [0.5, 0.6) is 0 Å². The van der Waals surface area contributed by atoms with Crippen LogP contribution in [0.2, 0.25) is 0 Å². The van der Waals surface area contributed by atoms with Crippen LogP contribution in [0.1, 0.15) is 19.4 Å². The largest absolute Gasteiger partial charge is 0.416 e. The van der Waals surface area contributed by atoms with E-state index < -0.39 is 11.7 Å². The van der Waals surface area contributed by atoms with E-state index in [1.54, 1.807) is 0 Å². The van der Waals surface area contributed by atoms with Gasteiger partial charge in [-0.3, -0.25) is 0 Å². The lowest BCUT2D eigenvalue weighted by Gasteiger charge is -2.14. The summed E-state index contributed by atoms with van der Waals surface area (Å²) in [5.74, 6) is 0.567. The number of alkyl halides is 3. The summed E-state index contributed by atoms with van der Waals surface area (Å²) < 4.78 is 43.0. The molecule has 0 aliphatic heterocycles. The summed E-state index contributed by atoms with van der Waals surface area (Å²) in [5, 5.41) is 13.1. The molecular weight excluding hydrogens is 325 g/mol. The minimum atomic E-state index is -4.43. The van der Waals surface area contributed by atoms with E-state index in [1.807, 2.05) is 13.8 Å². The zero-order valence-electron chi connectivity index (χ0n) is 12.7. The van der Waals surface area contributed by atoms with E-state index in [1.165, 1.54) is 12.1 Å². The fraction of sp³-hybridized carbons (Fsp3) is 0.286. The number of anilines is 3. The maximum absolute atomic E-state index is 12.8. The smallest absolute Gasteiger partial charge is 0.365 e. The average Bonchev–Trinajstić information content (AvgIpc) is 2.93. The quantitative estimate of drug-likeness (QED) is 0.751. The highest BCUT2D eigenvalue weighted by atomic mass is 19.4. The molecule has 0 bridgehead atoms. The van der Waals surface area contributed by atoms with Gasteiger partial charge in [-0.2, -0.15) is 13.2 Å². The topological polar surface area (TPSA) is 88.8 Å². The molecular formula is C14H13F3N6O. The molecule has 0 unspecified atom stereocenters. The van der Waals surface area contributed by atoms with E-state index in [-0.39, 0.29) is 28.8 Å². The molecule has 0 atom stereocenters. The minimum Gasteiger partial charge on any atom is -0.365 e. The highest BCUT2D eigenvalue weighted by Gasteiger charge is 2.30. The number of halogens is 3. The Balaban J connectivity index is 1.99. The highest BCUT2D eigenvalue weighted by Crippen LogP contribution is 2.32. The number of hydrogen-bond donors (Lipinski definition) is 2. The van der Waals surface area contributed by atoms with E-state index in [4.69, 9.17) is 0 Å². The Bertz CT molecular complexity index is 861. The van der Waals surface area contributed by atoms with E-state index >= 15 is 0 Å². The first kappa shape index (κ1) is 16.0. The average molecular weight is 338 g/mol. The standard InChI is InChI=1S/C14H13F3N6O/c1-7(2)18-10-11(21-13-12(20-10)22-24-23-13)19-9-5-3-4-8(6-9)14(15,16)17/h3-7H,1-2H3,(H,18,20,22)(H,19,21,23). The molecule has 0 aliphatic carbocycles. The normalized spacial score (nSPS) is 11.9. The lowest BCUT2D eigenvalue weighted by Crippen LogP contribution is -2.14. The molecule has 7 nitrogen and oxygen atoms in total. The van der Waals surface area contributed by atoms with Crippen LogP contribution in [0, 0.1) is 0 Å². The molecule has 0 aliphatic rings. The third-order valence-corrected chi connectivity index (χ3v) is 2.99. The first-order chi connectivity index (χ1) is 11.3. The van der Waals surface area contributed by atoms with Crippen LogP contribution in [0.3, 0.4) is 0 Å². The highest BCUT2D eigenvalue weighted by molar-refractivity contribution is 5.76. The first-order valence-electron chi connectivity index (χ1n) is 7.04. The van der Waals surface area contributed by atoms with Crippen molar-refractivity contribution in [1.29, 1.82) is 0 Å². The molecule has 24 heavy (non-hydrogen) atoms. The predicted octanol–water partition coefficient (Wildman–Crippen LogP) is 3.60. The van der Waals surface area contributed by atoms with Gasteiger partial charge in [0.05, 0.1) is 5.56 Å². The Morgan fingerprint density at radius 3 is 2.33 bits per heavy atom. The number of hydrogen-bond acceptors (Lipinski definition) is 7. The lowest BCUT2D eigenvalue weighted by atomic mass is 10.2. The maximum atomic E-state index is 12.8. The van der Waals surface area contributed by atoms with Gasteiger partial charge >= 0.3 is 6.18 Å². The van der Waals surface area contributed by atoms with E-state index in [2.05, 4.69) is 35.5 Å². The monoisotopic (exact) mass is 338 g/mol. The summed E-state index contributed by atoms with van der Waals surface area (Å²) >= 11 is 0. The van der Waals surface area contributed by atoms with Crippen molar-refractivity contribution in [2.75, 3.05) is 10.6 Å². The molecule has 0 spiro atoms. The van der Waals surface area contributed by atoms with Crippen molar-refractivity contribution in [2.24, 2.45) is 0 Å². The fourth-order valence-electron chi connectivity index (χ4n) is 2.01. The van der Waals surface area contributed by atoms with Gasteiger partial charge in [0, 0.05) is 11.7 Å². The number of nitrogens with one attached hydrogen (secondary N) is 2. The Kier molecular flexibility index (Phi) is 3.96. The van der Waals surface area contributed by atoms with Crippen LogP contribution in [0.25, 0.3) is 11.3 Å². The first-order valence-corrected chi connectivity index (χ1v) is 7.04. The molecule has 0 saturated heterocycles. The van der Waals surface area contributed by atoms with Crippen molar-refractivity contribution < 1.29 is 17.8 Å². The second-order valence-corrected chi connectivity index (χ2v) is 5.33. The van der Waals surface area contributed by atoms with Crippen molar-refractivity contribution in [3.05, 3.63) is 29.8 Å². The molecule has 10 heteroatoms. The lowest BCUT2D eigenvalue weighted by molar-refractivity contribution is -0.137. The number of aromatic nitrogens is 4. The Hall–Kier alpha value is -2.91. The fourth-order valence-corrected chi connectivity index (χ4v) is 2.01. The maximum Gasteiger partial charge on any atom is 0.416 e. The summed E-state index contributed by atoms with van der Waals surface area (Å²) in [5.41, 5.74) is -0.184. The number of nitrogens with zero attached hydrogens (tertiary/aromatic N) is 4. The minimum absolute atomic E-state index is 0.0265. The van der Waals surface area contributed by atoms with Gasteiger partial charge in [-0.1, -0.05) is 6.07 Å². The van der Waals surface area contributed by atoms with Crippen LogP contribution in [-0.4, -0.2) is 26.3 Å². The van der Waals surface area contributed by atoms with E-state index in [0.717, 1.165) is 12.1 Å². The van der Waals surface area contributed by atoms with Crippen LogP contribution < -0.4 is 10.6 Å². The summed E-state index contributed by atoms with van der Waals surface area (Å²) in [6.07, 6.45) is -4.43. The van der Waals surface area contributed by atoms with Crippen molar-refractivity contribution in [3.8, 4) is 0 Å². The zero-order valence-corrected chi connectivity index (χ0v) is 12.7. The van der Waals surface area contributed by atoms with E-state index in [0.29, 0.717) is 5.82 Å². The molecule has 0 fully saturated rings. The van der Waals surface area contributed by atoms with Gasteiger partial charge in [-0.25, -0.2) is 14.6 Å². The molecule has 0 saturated carbocycles. The van der Waals surface area contributed by atoms with Gasteiger partial charge in [-0.15, -0.1) is 0 Å². The molecule has 2 aromatic heterocycles. The van der Waals surface area contributed by atoms with E-state index in [9.17, 15) is 13.2 Å². The summed E-state index contributed by atoms with van der Waals surface area (Å²) in [6.45, 7) is 3.78. The van der Waals surface area contributed by atoms with Crippen LogP contribution in [0.4, 0.5) is 30.5 Å². The molecule has 3 aromatic rings. The third-order valence-electron chi connectivity index (χ3n) is 2.99. The van der Waals surface area contributed by atoms with Crippen LogP contribution in [0.15, 0.2) is 28.9 Å². The van der Waals surface area contributed by atoms with Gasteiger partial charge in [-0.05, 0) is 42.4 Å². The second kappa shape index (κ2) is 5.95. The van der Waals surface area contributed by atoms with Gasteiger partial charge in [0.15, 0.2) is 11.6 Å². The Morgan fingerprint density at radius 1 is 1.04 bits per heavy atom. The van der Waals surface area contributed by atoms with Gasteiger partial charge in [0.25, 0.3) is 0 Å². The van der Waals surface area contributed by atoms with Gasteiger partial charge in [0.2, 0.25) is 11.3 Å². The number of benzene rings is 1. The molecule has 1 aromatic carbocycles. The molecule has 3 rings (SSSR count).